The summed E-state index contributed by atoms with van der Waals surface area (Å²) in [5, 5.41) is 15.6. The zero-order valence-electron chi connectivity index (χ0n) is 14.9. The van der Waals surface area contributed by atoms with Crippen molar-refractivity contribution in [3.63, 3.8) is 0 Å². The highest BCUT2D eigenvalue weighted by atomic mass is 16.2. The number of benzene rings is 1. The fourth-order valence-electron chi connectivity index (χ4n) is 2.79. The van der Waals surface area contributed by atoms with Gasteiger partial charge in [0.05, 0.1) is 6.54 Å². The maximum Gasteiger partial charge on any atom is 0.277 e. The largest absolute Gasteiger partial charge is 0.304 e. The van der Waals surface area contributed by atoms with E-state index in [2.05, 4.69) is 45.7 Å². The SMILES string of the molecule is Cc1cccc(Cn2ccc(NC(=O)c3ccn(Cn4cccn4)n3)n2)c1. The molecule has 3 heterocycles. The van der Waals surface area contributed by atoms with Crippen molar-refractivity contribution in [2.45, 2.75) is 20.1 Å². The first kappa shape index (κ1) is 16.8. The first-order valence-corrected chi connectivity index (χ1v) is 8.57. The smallest absolute Gasteiger partial charge is 0.277 e. The Labute approximate surface area is 156 Å². The molecule has 136 valence electrons. The Kier molecular flexibility index (Phi) is 4.52. The zero-order valence-corrected chi connectivity index (χ0v) is 14.9. The number of anilines is 1. The molecule has 0 radical (unpaired) electrons. The topological polar surface area (TPSA) is 82.6 Å². The minimum Gasteiger partial charge on any atom is -0.304 e. The van der Waals surface area contributed by atoms with E-state index in [4.69, 9.17) is 0 Å². The van der Waals surface area contributed by atoms with E-state index >= 15 is 0 Å². The van der Waals surface area contributed by atoms with Crippen LogP contribution in [0.15, 0.2) is 67.3 Å². The van der Waals surface area contributed by atoms with Gasteiger partial charge in [0.2, 0.25) is 0 Å². The van der Waals surface area contributed by atoms with Gasteiger partial charge < -0.3 is 5.32 Å². The van der Waals surface area contributed by atoms with Crippen LogP contribution in [0.25, 0.3) is 0 Å². The Bertz CT molecular complexity index is 1050. The van der Waals surface area contributed by atoms with Crippen molar-refractivity contribution < 1.29 is 4.79 Å². The minimum absolute atomic E-state index is 0.296. The highest BCUT2D eigenvalue weighted by molar-refractivity contribution is 6.02. The van der Waals surface area contributed by atoms with Crippen LogP contribution in [0.4, 0.5) is 5.82 Å². The highest BCUT2D eigenvalue weighted by Crippen LogP contribution is 2.09. The van der Waals surface area contributed by atoms with E-state index in [9.17, 15) is 4.79 Å². The van der Waals surface area contributed by atoms with Crippen molar-refractivity contribution >= 4 is 11.7 Å². The van der Waals surface area contributed by atoms with Crippen molar-refractivity contribution in [2.24, 2.45) is 0 Å². The molecule has 27 heavy (non-hydrogen) atoms. The predicted octanol–water partition coefficient (Wildman–Crippen LogP) is 2.39. The maximum atomic E-state index is 12.4. The highest BCUT2D eigenvalue weighted by Gasteiger charge is 2.11. The van der Waals surface area contributed by atoms with Crippen molar-refractivity contribution in [3.8, 4) is 0 Å². The van der Waals surface area contributed by atoms with Crippen LogP contribution in [-0.2, 0) is 13.2 Å². The lowest BCUT2D eigenvalue weighted by Crippen LogP contribution is -2.15. The number of carbonyl (C=O) groups is 1. The van der Waals surface area contributed by atoms with E-state index in [1.54, 1.807) is 38.6 Å². The number of rotatable bonds is 6. The van der Waals surface area contributed by atoms with Gasteiger partial charge in [0.25, 0.3) is 5.91 Å². The van der Waals surface area contributed by atoms with E-state index in [-0.39, 0.29) is 5.91 Å². The van der Waals surface area contributed by atoms with E-state index < -0.39 is 0 Å². The lowest BCUT2D eigenvalue weighted by molar-refractivity contribution is 0.102. The van der Waals surface area contributed by atoms with Gasteiger partial charge in [-0.3, -0.25) is 18.8 Å². The summed E-state index contributed by atoms with van der Waals surface area (Å²) in [6.07, 6.45) is 7.12. The quantitative estimate of drug-likeness (QED) is 0.572. The minimum atomic E-state index is -0.296. The van der Waals surface area contributed by atoms with Gasteiger partial charge in [-0.1, -0.05) is 29.8 Å². The first-order valence-electron chi connectivity index (χ1n) is 8.57. The van der Waals surface area contributed by atoms with Crippen molar-refractivity contribution in [2.75, 3.05) is 5.32 Å². The van der Waals surface area contributed by atoms with Crippen molar-refractivity contribution in [1.82, 2.24) is 29.3 Å². The summed E-state index contributed by atoms with van der Waals surface area (Å²) >= 11 is 0. The summed E-state index contributed by atoms with van der Waals surface area (Å²) in [4.78, 5) is 12.4. The van der Waals surface area contributed by atoms with Gasteiger partial charge in [0, 0.05) is 30.9 Å². The summed E-state index contributed by atoms with van der Waals surface area (Å²) in [6.45, 7) is 3.16. The standard InChI is InChI=1S/C19H19N7O/c1-15-4-2-5-16(12-15)13-24-11-7-18(23-24)21-19(27)17-6-10-26(22-17)14-25-9-3-8-20-25/h2-12H,13-14H2,1H3,(H,21,23,27). The third-order valence-corrected chi connectivity index (χ3v) is 4.03. The molecule has 0 bridgehead atoms. The molecular formula is C19H19N7O. The van der Waals surface area contributed by atoms with Crippen LogP contribution in [-0.4, -0.2) is 35.2 Å². The molecule has 3 aromatic heterocycles. The fourth-order valence-corrected chi connectivity index (χ4v) is 2.79. The molecule has 0 aliphatic heterocycles. The molecule has 1 N–H and O–H groups in total. The van der Waals surface area contributed by atoms with Crippen LogP contribution in [0.5, 0.6) is 0 Å². The molecule has 0 saturated heterocycles. The number of hydrogen-bond donors (Lipinski definition) is 1. The molecule has 0 aliphatic rings. The number of nitrogens with one attached hydrogen (secondary N) is 1. The van der Waals surface area contributed by atoms with Gasteiger partial charge in [-0.2, -0.15) is 15.3 Å². The van der Waals surface area contributed by atoms with E-state index in [0.29, 0.717) is 24.7 Å². The third kappa shape index (κ3) is 4.12. The lowest BCUT2D eigenvalue weighted by atomic mass is 10.1. The molecule has 0 unspecified atom stereocenters. The number of aryl methyl sites for hydroxylation is 1. The summed E-state index contributed by atoms with van der Waals surface area (Å²) in [5.41, 5.74) is 2.70. The third-order valence-electron chi connectivity index (χ3n) is 4.03. The fraction of sp³-hybridized carbons (Fsp3) is 0.158. The average molecular weight is 361 g/mol. The molecule has 8 heteroatoms. The van der Waals surface area contributed by atoms with E-state index in [0.717, 1.165) is 5.56 Å². The van der Waals surface area contributed by atoms with E-state index in [1.807, 2.05) is 24.5 Å². The number of aromatic nitrogens is 6. The Morgan fingerprint density at radius 1 is 1.00 bits per heavy atom. The number of hydrogen-bond acceptors (Lipinski definition) is 4. The second-order valence-electron chi connectivity index (χ2n) is 6.27. The van der Waals surface area contributed by atoms with Crippen molar-refractivity contribution in [3.05, 3.63) is 84.1 Å². The summed E-state index contributed by atoms with van der Waals surface area (Å²) in [6, 6.07) is 13.5. The zero-order chi connectivity index (χ0) is 18.6. The van der Waals surface area contributed by atoms with E-state index in [1.165, 1.54) is 5.56 Å². The normalized spacial score (nSPS) is 10.9. The second-order valence-corrected chi connectivity index (χ2v) is 6.27. The average Bonchev–Trinajstić information content (AvgIpc) is 3.38. The first-order chi connectivity index (χ1) is 13.2. The number of amides is 1. The molecule has 1 amide bonds. The number of carbonyl (C=O) groups excluding carboxylic acids is 1. The molecule has 0 fully saturated rings. The molecule has 0 saturated carbocycles. The van der Waals surface area contributed by atoms with Crippen LogP contribution in [0.2, 0.25) is 0 Å². The van der Waals surface area contributed by atoms with Crippen LogP contribution in [0.3, 0.4) is 0 Å². The van der Waals surface area contributed by atoms with Crippen LogP contribution in [0.1, 0.15) is 21.6 Å². The Morgan fingerprint density at radius 3 is 2.70 bits per heavy atom. The van der Waals surface area contributed by atoms with Crippen molar-refractivity contribution in [1.29, 1.82) is 0 Å². The molecule has 0 atom stereocenters. The van der Waals surface area contributed by atoms with Gasteiger partial charge in [-0.25, -0.2) is 0 Å². The Hall–Kier alpha value is -3.68. The summed E-state index contributed by atoms with van der Waals surface area (Å²) < 4.78 is 5.17. The maximum absolute atomic E-state index is 12.4. The molecule has 4 rings (SSSR count). The lowest BCUT2D eigenvalue weighted by Gasteiger charge is -2.03. The van der Waals surface area contributed by atoms with Gasteiger partial charge in [0.15, 0.2) is 11.5 Å². The molecule has 4 aromatic rings. The van der Waals surface area contributed by atoms with Gasteiger partial charge in [0.1, 0.15) is 6.67 Å². The molecule has 1 aromatic carbocycles. The Balaban J connectivity index is 1.38. The molecule has 0 aliphatic carbocycles. The van der Waals surface area contributed by atoms with Gasteiger partial charge >= 0.3 is 0 Å². The molecular weight excluding hydrogens is 342 g/mol. The number of nitrogens with zero attached hydrogens (tertiary/aromatic N) is 6. The molecule has 0 spiro atoms. The van der Waals surface area contributed by atoms with Crippen LogP contribution < -0.4 is 5.32 Å². The predicted molar refractivity (Wildman–Crippen MR) is 100 cm³/mol. The van der Waals surface area contributed by atoms with Gasteiger partial charge in [-0.15, -0.1) is 0 Å². The van der Waals surface area contributed by atoms with Crippen LogP contribution >= 0.6 is 0 Å². The summed E-state index contributed by atoms with van der Waals surface area (Å²) in [5.74, 6) is 0.198. The molecule has 8 nitrogen and oxygen atoms in total. The second kappa shape index (κ2) is 7.28. The monoisotopic (exact) mass is 361 g/mol. The van der Waals surface area contributed by atoms with Crippen LogP contribution in [0, 0.1) is 6.92 Å². The Morgan fingerprint density at radius 2 is 1.89 bits per heavy atom. The van der Waals surface area contributed by atoms with Gasteiger partial charge in [-0.05, 0) is 24.6 Å². The summed E-state index contributed by atoms with van der Waals surface area (Å²) in [7, 11) is 0.